The predicted octanol–water partition coefficient (Wildman–Crippen LogP) is 0.152. The van der Waals surface area contributed by atoms with Gasteiger partial charge in [-0.15, -0.1) is 0 Å². The number of hydrogen-bond acceptors (Lipinski definition) is 4. The molecule has 0 aromatic carbocycles. The Labute approximate surface area is 127 Å². The van der Waals surface area contributed by atoms with E-state index in [1.54, 1.807) is 0 Å². The van der Waals surface area contributed by atoms with Crippen LogP contribution in [-0.4, -0.2) is 67.6 Å². The first-order valence-corrected chi connectivity index (χ1v) is 9.65. The number of fused-ring (bicyclic) bond motifs is 1. The van der Waals surface area contributed by atoms with Crippen LogP contribution in [0.1, 0.15) is 38.5 Å². The van der Waals surface area contributed by atoms with Crippen LogP contribution in [0.15, 0.2) is 0 Å². The zero-order valence-electron chi connectivity index (χ0n) is 12.6. The molecule has 3 aliphatic heterocycles. The monoisotopic (exact) mass is 317 g/mol. The van der Waals surface area contributed by atoms with Gasteiger partial charge >= 0.3 is 0 Å². The van der Waals surface area contributed by atoms with Crippen molar-refractivity contribution in [2.75, 3.05) is 32.8 Å². The van der Waals surface area contributed by atoms with E-state index in [0.717, 1.165) is 32.2 Å². The van der Waals surface area contributed by atoms with Crippen LogP contribution in [-0.2, 0) is 10.2 Å². The van der Waals surface area contributed by atoms with E-state index in [4.69, 9.17) is 0 Å². The Kier molecular flexibility index (Phi) is 4.85. The summed E-state index contributed by atoms with van der Waals surface area (Å²) in [7, 11) is -3.40. The van der Waals surface area contributed by atoms with Gasteiger partial charge in [0, 0.05) is 31.8 Å². The van der Waals surface area contributed by atoms with E-state index in [-0.39, 0.29) is 18.6 Å². The van der Waals surface area contributed by atoms with Gasteiger partial charge in [0.15, 0.2) is 0 Å². The smallest absolute Gasteiger partial charge is 0.279 e. The Bertz CT molecular complexity index is 456. The lowest BCUT2D eigenvalue weighted by Crippen LogP contribution is -2.53. The number of aliphatic hydroxyl groups excluding tert-OH is 1. The normalized spacial score (nSPS) is 35.8. The molecule has 0 bridgehead atoms. The second-order valence-corrected chi connectivity index (χ2v) is 8.43. The minimum absolute atomic E-state index is 0.0730. The van der Waals surface area contributed by atoms with E-state index in [1.807, 2.05) is 0 Å². The van der Waals surface area contributed by atoms with Crippen LogP contribution in [0.4, 0.5) is 0 Å². The van der Waals surface area contributed by atoms with Crippen LogP contribution < -0.4 is 4.72 Å². The SMILES string of the molecule is O=S(=O)(NC1CCN2CCCC2C1)N1CCCC(CO)C1. The molecule has 0 radical (unpaired) electrons. The molecule has 0 saturated carbocycles. The first-order valence-electron chi connectivity index (χ1n) is 8.21. The Morgan fingerprint density at radius 3 is 2.71 bits per heavy atom. The minimum atomic E-state index is -3.40. The highest BCUT2D eigenvalue weighted by Gasteiger charge is 2.35. The average Bonchev–Trinajstić information content (AvgIpc) is 2.94. The first-order chi connectivity index (χ1) is 10.1. The van der Waals surface area contributed by atoms with Gasteiger partial charge in [0.1, 0.15) is 0 Å². The standard InChI is InChI=1S/C14H27N3O3S/c18-11-12-3-1-7-17(10-12)21(19,20)15-13-5-8-16-6-2-4-14(16)9-13/h12-15,18H,1-11H2. The summed E-state index contributed by atoms with van der Waals surface area (Å²) in [6.07, 6.45) is 6.06. The van der Waals surface area contributed by atoms with Crippen molar-refractivity contribution < 1.29 is 13.5 Å². The summed E-state index contributed by atoms with van der Waals surface area (Å²) in [5, 5.41) is 9.25. The fourth-order valence-corrected chi connectivity index (χ4v) is 5.57. The summed E-state index contributed by atoms with van der Waals surface area (Å²) in [5.41, 5.74) is 0. The quantitative estimate of drug-likeness (QED) is 0.774. The van der Waals surface area contributed by atoms with E-state index in [9.17, 15) is 13.5 Å². The van der Waals surface area contributed by atoms with Crippen LogP contribution in [0.2, 0.25) is 0 Å². The van der Waals surface area contributed by atoms with Gasteiger partial charge in [0.2, 0.25) is 0 Å². The molecule has 3 fully saturated rings. The van der Waals surface area contributed by atoms with Crippen molar-refractivity contribution >= 4 is 10.2 Å². The Balaban J connectivity index is 1.58. The molecule has 0 aromatic heterocycles. The lowest BCUT2D eigenvalue weighted by atomic mass is 9.99. The summed E-state index contributed by atoms with van der Waals surface area (Å²) in [4.78, 5) is 2.49. The van der Waals surface area contributed by atoms with Crippen molar-refractivity contribution in [1.82, 2.24) is 13.9 Å². The third-order valence-electron chi connectivity index (χ3n) is 5.22. The van der Waals surface area contributed by atoms with E-state index >= 15 is 0 Å². The van der Waals surface area contributed by atoms with Crippen LogP contribution in [0.3, 0.4) is 0 Å². The summed E-state index contributed by atoms with van der Waals surface area (Å²) < 4.78 is 29.5. The molecule has 3 heterocycles. The lowest BCUT2D eigenvalue weighted by molar-refractivity contribution is 0.160. The highest BCUT2D eigenvalue weighted by Crippen LogP contribution is 2.27. The summed E-state index contributed by atoms with van der Waals surface area (Å²) in [6, 6.07) is 0.641. The molecule has 0 aliphatic carbocycles. The maximum Gasteiger partial charge on any atom is 0.279 e. The van der Waals surface area contributed by atoms with Crippen LogP contribution in [0, 0.1) is 5.92 Å². The number of nitrogens with zero attached hydrogens (tertiary/aromatic N) is 2. The van der Waals surface area contributed by atoms with Gasteiger partial charge in [0.05, 0.1) is 0 Å². The number of hydrogen-bond donors (Lipinski definition) is 2. The fourth-order valence-electron chi connectivity index (χ4n) is 4.01. The molecule has 21 heavy (non-hydrogen) atoms. The van der Waals surface area contributed by atoms with Gasteiger partial charge in [-0.05, 0) is 57.5 Å². The van der Waals surface area contributed by atoms with Gasteiger partial charge in [-0.3, -0.25) is 0 Å². The molecule has 3 aliphatic rings. The molecular formula is C14H27N3O3S. The van der Waals surface area contributed by atoms with Gasteiger partial charge in [0.25, 0.3) is 10.2 Å². The predicted molar refractivity (Wildman–Crippen MR) is 81.1 cm³/mol. The topological polar surface area (TPSA) is 72.9 Å². The summed E-state index contributed by atoms with van der Waals surface area (Å²) in [6.45, 7) is 3.29. The van der Waals surface area contributed by atoms with E-state index in [0.29, 0.717) is 19.1 Å². The first kappa shape index (κ1) is 15.7. The maximum atomic E-state index is 12.5. The van der Waals surface area contributed by atoms with Crippen molar-refractivity contribution in [3.05, 3.63) is 0 Å². The fraction of sp³-hybridized carbons (Fsp3) is 1.00. The van der Waals surface area contributed by atoms with Crippen molar-refractivity contribution in [2.24, 2.45) is 5.92 Å². The molecule has 3 unspecified atom stereocenters. The zero-order chi connectivity index (χ0) is 14.9. The number of aliphatic hydroxyl groups is 1. The van der Waals surface area contributed by atoms with Crippen molar-refractivity contribution in [2.45, 2.75) is 50.6 Å². The third-order valence-corrected chi connectivity index (χ3v) is 6.86. The molecule has 3 rings (SSSR count). The zero-order valence-corrected chi connectivity index (χ0v) is 13.4. The van der Waals surface area contributed by atoms with E-state index < -0.39 is 10.2 Å². The average molecular weight is 317 g/mol. The summed E-state index contributed by atoms with van der Waals surface area (Å²) in [5.74, 6) is 0.0898. The van der Waals surface area contributed by atoms with Crippen LogP contribution in [0.25, 0.3) is 0 Å². The largest absolute Gasteiger partial charge is 0.396 e. The molecule has 2 N–H and O–H groups in total. The van der Waals surface area contributed by atoms with Crippen LogP contribution >= 0.6 is 0 Å². The Morgan fingerprint density at radius 1 is 1.10 bits per heavy atom. The molecule has 0 spiro atoms. The van der Waals surface area contributed by atoms with Gasteiger partial charge in [-0.25, -0.2) is 0 Å². The molecule has 3 atom stereocenters. The van der Waals surface area contributed by atoms with Gasteiger partial charge in [-0.1, -0.05) is 0 Å². The maximum absolute atomic E-state index is 12.5. The molecule has 7 heteroatoms. The van der Waals surface area contributed by atoms with Crippen molar-refractivity contribution in [3.63, 3.8) is 0 Å². The lowest BCUT2D eigenvalue weighted by Gasteiger charge is -2.37. The molecule has 0 amide bonds. The third kappa shape index (κ3) is 3.59. The highest BCUT2D eigenvalue weighted by atomic mass is 32.2. The molecule has 122 valence electrons. The second kappa shape index (κ2) is 6.50. The van der Waals surface area contributed by atoms with Gasteiger partial charge < -0.3 is 10.0 Å². The minimum Gasteiger partial charge on any atom is -0.396 e. The van der Waals surface area contributed by atoms with Gasteiger partial charge in [-0.2, -0.15) is 17.4 Å². The molecular weight excluding hydrogens is 290 g/mol. The van der Waals surface area contributed by atoms with E-state index in [1.165, 1.54) is 23.7 Å². The van der Waals surface area contributed by atoms with E-state index in [2.05, 4.69) is 9.62 Å². The molecule has 3 saturated heterocycles. The summed E-state index contributed by atoms with van der Waals surface area (Å²) >= 11 is 0. The highest BCUT2D eigenvalue weighted by molar-refractivity contribution is 7.87. The Morgan fingerprint density at radius 2 is 1.90 bits per heavy atom. The van der Waals surface area contributed by atoms with Crippen LogP contribution in [0.5, 0.6) is 0 Å². The molecule has 6 nitrogen and oxygen atoms in total. The number of piperidine rings is 2. The molecule has 0 aromatic rings. The number of nitrogens with one attached hydrogen (secondary N) is 1. The van der Waals surface area contributed by atoms with Crippen molar-refractivity contribution in [1.29, 1.82) is 0 Å². The van der Waals surface area contributed by atoms with Crippen molar-refractivity contribution in [3.8, 4) is 0 Å². The number of rotatable bonds is 4. The second-order valence-electron chi connectivity index (χ2n) is 6.73. The Hall–Kier alpha value is -0.210.